The van der Waals surface area contributed by atoms with Gasteiger partial charge in [0.2, 0.25) is 11.5 Å². The maximum atomic E-state index is 10.2. The van der Waals surface area contributed by atoms with E-state index in [-0.39, 0.29) is 42.5 Å². The fraction of sp³-hybridized carbons (Fsp3) is 0. The van der Waals surface area contributed by atoms with Crippen LogP contribution < -0.4 is 29.6 Å². The molecule has 1 heterocycles. The minimum atomic E-state index is -1.28. The smallest absolute Gasteiger partial charge is 1.00 e. The Hall–Kier alpha value is -0.780. The number of hydrogen-bond acceptors (Lipinski definition) is 3. The Bertz CT molecular complexity index is 279. The van der Waals surface area contributed by atoms with Gasteiger partial charge in [0.15, 0.2) is 0 Å². The average molecular weight is 180 g/mol. The van der Waals surface area contributed by atoms with Crippen LogP contribution in [-0.4, -0.2) is 22.2 Å². The van der Waals surface area contributed by atoms with E-state index in [9.17, 15) is 9.59 Å². The minimum Gasteiger partial charge on any atom is -1.00 e. The molecule has 1 aromatic rings. The predicted octanol–water partition coefficient (Wildman–Crippen LogP) is -2.21. The van der Waals surface area contributed by atoms with Gasteiger partial charge in [-0.1, -0.05) is 0 Å². The van der Waals surface area contributed by atoms with Crippen LogP contribution in [0.1, 0.15) is 22.5 Å². The molecule has 0 aliphatic carbocycles. The van der Waals surface area contributed by atoms with E-state index in [0.717, 1.165) is 12.1 Å². The van der Waals surface area contributed by atoms with Crippen molar-refractivity contribution in [2.24, 2.45) is 0 Å². The summed E-state index contributed by atoms with van der Waals surface area (Å²) in [4.78, 5) is 20.3. The van der Waals surface area contributed by atoms with Crippen LogP contribution in [0.25, 0.3) is 0 Å². The van der Waals surface area contributed by atoms with Crippen molar-refractivity contribution in [3.8, 4) is 0 Å². The second-order valence-corrected chi connectivity index (χ2v) is 1.77. The van der Waals surface area contributed by atoms with E-state index >= 15 is 0 Å². The summed E-state index contributed by atoms with van der Waals surface area (Å²) < 4.78 is 4.41. The summed E-state index contributed by atoms with van der Waals surface area (Å²) >= 11 is 0. The largest absolute Gasteiger partial charge is 1.00 e. The van der Waals surface area contributed by atoms with E-state index < -0.39 is 11.9 Å². The molecule has 0 unspecified atom stereocenters. The maximum absolute atomic E-state index is 10.2. The SMILES string of the molecule is O=C(O)c1ccc(C(=O)O)o1.[H-].[Na+]. The summed E-state index contributed by atoms with van der Waals surface area (Å²) in [6, 6.07) is 2.18. The van der Waals surface area contributed by atoms with E-state index in [2.05, 4.69) is 4.42 Å². The van der Waals surface area contributed by atoms with E-state index in [0.29, 0.717) is 0 Å². The Morgan fingerprint density at radius 1 is 1.17 bits per heavy atom. The molecular formula is C6H5NaO5. The molecule has 0 spiro atoms. The van der Waals surface area contributed by atoms with E-state index in [1.165, 1.54) is 0 Å². The van der Waals surface area contributed by atoms with Crippen LogP contribution >= 0.6 is 0 Å². The number of aromatic carboxylic acids is 2. The molecule has 0 fully saturated rings. The third-order valence-electron chi connectivity index (χ3n) is 1.03. The van der Waals surface area contributed by atoms with Crippen molar-refractivity contribution in [1.82, 2.24) is 0 Å². The average Bonchev–Trinajstić information content (AvgIpc) is 2.33. The van der Waals surface area contributed by atoms with Crippen LogP contribution in [0.5, 0.6) is 0 Å². The number of hydrogen-bond donors (Lipinski definition) is 2. The second kappa shape index (κ2) is 4.30. The van der Waals surface area contributed by atoms with Gasteiger partial charge in [-0.05, 0) is 12.1 Å². The zero-order valence-electron chi connectivity index (χ0n) is 7.27. The van der Waals surface area contributed by atoms with Crippen LogP contribution in [-0.2, 0) is 0 Å². The Balaban J connectivity index is 0. The monoisotopic (exact) mass is 180 g/mol. The molecule has 60 valence electrons. The van der Waals surface area contributed by atoms with Gasteiger partial charge < -0.3 is 16.1 Å². The molecule has 12 heavy (non-hydrogen) atoms. The summed E-state index contributed by atoms with van der Waals surface area (Å²) in [6.45, 7) is 0. The molecule has 0 saturated heterocycles. The van der Waals surface area contributed by atoms with Crippen LogP contribution in [0.4, 0.5) is 0 Å². The first-order valence-corrected chi connectivity index (χ1v) is 2.67. The van der Waals surface area contributed by atoms with Gasteiger partial charge in [-0.15, -0.1) is 0 Å². The van der Waals surface area contributed by atoms with Gasteiger partial charge >= 0.3 is 41.5 Å². The van der Waals surface area contributed by atoms with Crippen LogP contribution in [0.2, 0.25) is 0 Å². The summed E-state index contributed by atoms with van der Waals surface area (Å²) in [7, 11) is 0. The molecule has 0 radical (unpaired) electrons. The van der Waals surface area contributed by atoms with E-state index in [1.54, 1.807) is 0 Å². The molecule has 0 aliphatic heterocycles. The molecule has 0 atom stereocenters. The minimum absolute atomic E-state index is 0. The molecule has 1 aromatic heterocycles. The van der Waals surface area contributed by atoms with Crippen molar-refractivity contribution in [1.29, 1.82) is 0 Å². The zero-order valence-corrected chi connectivity index (χ0v) is 8.27. The second-order valence-electron chi connectivity index (χ2n) is 1.77. The number of furan rings is 1. The molecule has 5 nitrogen and oxygen atoms in total. The molecular weight excluding hydrogens is 175 g/mol. The van der Waals surface area contributed by atoms with Gasteiger partial charge in [0.25, 0.3) is 0 Å². The van der Waals surface area contributed by atoms with Crippen LogP contribution in [0, 0.1) is 0 Å². The summed E-state index contributed by atoms with van der Waals surface area (Å²) in [5, 5.41) is 16.6. The molecule has 0 saturated carbocycles. The van der Waals surface area contributed by atoms with Crippen LogP contribution in [0.15, 0.2) is 16.5 Å². The quantitative estimate of drug-likeness (QED) is 0.504. The van der Waals surface area contributed by atoms with Crippen molar-refractivity contribution < 1.29 is 55.2 Å². The molecule has 0 bridgehead atoms. The van der Waals surface area contributed by atoms with Gasteiger partial charge in [-0.3, -0.25) is 0 Å². The van der Waals surface area contributed by atoms with E-state index in [4.69, 9.17) is 10.2 Å². The first-order valence-electron chi connectivity index (χ1n) is 2.67. The molecule has 0 amide bonds. The third-order valence-corrected chi connectivity index (χ3v) is 1.03. The molecule has 1 rings (SSSR count). The molecule has 2 N–H and O–H groups in total. The molecule has 0 aliphatic rings. The van der Waals surface area contributed by atoms with Crippen molar-refractivity contribution in [2.75, 3.05) is 0 Å². The first kappa shape index (κ1) is 11.2. The fourth-order valence-corrected chi connectivity index (χ4v) is 0.568. The third kappa shape index (κ3) is 2.37. The summed E-state index contributed by atoms with van der Waals surface area (Å²) in [5.74, 6) is -3.31. The standard InChI is InChI=1S/C6H4O5.Na.H/c7-5(8)3-1-2-4(11-3)6(9)10;;/h1-2H,(H,7,8)(H,9,10);;/q;+1;-1. The van der Waals surface area contributed by atoms with Crippen molar-refractivity contribution in [2.45, 2.75) is 0 Å². The Morgan fingerprint density at radius 3 is 1.67 bits per heavy atom. The molecule has 6 heteroatoms. The fourth-order valence-electron chi connectivity index (χ4n) is 0.568. The maximum Gasteiger partial charge on any atom is 1.00 e. The van der Waals surface area contributed by atoms with Gasteiger partial charge in [0, 0.05) is 0 Å². The predicted molar refractivity (Wildman–Crippen MR) is 33.7 cm³/mol. The van der Waals surface area contributed by atoms with Crippen LogP contribution in [0.3, 0.4) is 0 Å². The number of rotatable bonds is 2. The topological polar surface area (TPSA) is 87.7 Å². The van der Waals surface area contributed by atoms with Gasteiger partial charge in [-0.2, -0.15) is 0 Å². The van der Waals surface area contributed by atoms with Crippen molar-refractivity contribution in [3.63, 3.8) is 0 Å². The number of carboxylic acids is 2. The van der Waals surface area contributed by atoms with Gasteiger partial charge in [0.05, 0.1) is 0 Å². The zero-order chi connectivity index (χ0) is 8.43. The van der Waals surface area contributed by atoms with Gasteiger partial charge in [-0.25, -0.2) is 9.59 Å². The van der Waals surface area contributed by atoms with E-state index in [1.807, 2.05) is 0 Å². The summed E-state index contributed by atoms with van der Waals surface area (Å²) in [5.41, 5.74) is 0. The number of carbonyl (C=O) groups is 2. The van der Waals surface area contributed by atoms with Crippen molar-refractivity contribution in [3.05, 3.63) is 23.7 Å². The Labute approximate surface area is 90.8 Å². The van der Waals surface area contributed by atoms with Crippen molar-refractivity contribution >= 4 is 11.9 Å². The summed E-state index contributed by atoms with van der Waals surface area (Å²) in [6.07, 6.45) is 0. The Morgan fingerprint density at radius 2 is 1.50 bits per heavy atom. The number of carboxylic acid groups (broad SMARTS) is 2. The first-order chi connectivity index (χ1) is 5.11. The molecule has 0 aromatic carbocycles. The Kier molecular flexibility index (Phi) is 4.02. The normalized spacial score (nSPS) is 8.67. The van der Waals surface area contributed by atoms with Gasteiger partial charge in [0.1, 0.15) is 0 Å².